The first-order valence-corrected chi connectivity index (χ1v) is 8.68. The molecule has 1 aliphatic heterocycles. The lowest BCUT2D eigenvalue weighted by molar-refractivity contribution is 0.0566. The normalized spacial score (nSPS) is 17.5. The second-order valence-corrected chi connectivity index (χ2v) is 6.69. The van der Waals surface area contributed by atoms with E-state index in [1.807, 2.05) is 14.0 Å². The maximum Gasteiger partial charge on any atom is 0.272 e. The van der Waals surface area contributed by atoms with E-state index in [0.29, 0.717) is 25.2 Å². The zero-order valence-electron chi connectivity index (χ0n) is 15.4. The fourth-order valence-electron chi connectivity index (χ4n) is 2.96. The van der Waals surface area contributed by atoms with Crippen molar-refractivity contribution in [3.8, 4) is 0 Å². The molecule has 148 valence electrons. The first-order valence-electron chi connectivity index (χ1n) is 8.68. The molecule has 2 aromatic rings. The third-order valence-electron chi connectivity index (χ3n) is 4.69. The summed E-state index contributed by atoms with van der Waals surface area (Å²) in [6.07, 6.45) is 0. The average molecular weight is 392 g/mol. The van der Waals surface area contributed by atoms with E-state index in [4.69, 9.17) is 0 Å². The van der Waals surface area contributed by atoms with E-state index in [-0.39, 0.29) is 23.5 Å². The standard InChI is InChI=1S/C19H19F3N4O2/c1-11-10-26(7-6-25(11)2)19(28)15-4-3-5-16(23-15)24-18(27)17-13(21)8-12(20)9-14(17)22/h3-5,8-9,11H,6-7,10H2,1-2H3,(H,23,24,27). The quantitative estimate of drug-likeness (QED) is 0.872. The van der Waals surface area contributed by atoms with Crippen molar-refractivity contribution in [1.29, 1.82) is 0 Å². The van der Waals surface area contributed by atoms with Gasteiger partial charge in [-0.25, -0.2) is 18.2 Å². The highest BCUT2D eigenvalue weighted by Crippen LogP contribution is 2.17. The lowest BCUT2D eigenvalue weighted by Gasteiger charge is -2.37. The lowest BCUT2D eigenvalue weighted by Crippen LogP contribution is -2.52. The summed E-state index contributed by atoms with van der Waals surface area (Å²) < 4.78 is 40.5. The smallest absolute Gasteiger partial charge is 0.272 e. The summed E-state index contributed by atoms with van der Waals surface area (Å²) in [5.41, 5.74) is -0.817. The van der Waals surface area contributed by atoms with Crippen molar-refractivity contribution in [3.05, 3.63) is 59.0 Å². The molecule has 0 aliphatic carbocycles. The highest BCUT2D eigenvalue weighted by molar-refractivity contribution is 6.04. The second-order valence-electron chi connectivity index (χ2n) is 6.69. The van der Waals surface area contributed by atoms with Crippen molar-refractivity contribution in [3.63, 3.8) is 0 Å². The van der Waals surface area contributed by atoms with Crippen LogP contribution >= 0.6 is 0 Å². The number of nitrogens with zero attached hydrogens (tertiary/aromatic N) is 3. The zero-order chi connectivity index (χ0) is 20.4. The van der Waals surface area contributed by atoms with Gasteiger partial charge < -0.3 is 15.1 Å². The van der Waals surface area contributed by atoms with Gasteiger partial charge in [-0.05, 0) is 26.1 Å². The monoisotopic (exact) mass is 392 g/mol. The molecule has 0 spiro atoms. The zero-order valence-corrected chi connectivity index (χ0v) is 15.4. The fraction of sp³-hybridized carbons (Fsp3) is 0.316. The van der Waals surface area contributed by atoms with Crippen LogP contribution < -0.4 is 5.32 Å². The van der Waals surface area contributed by atoms with Crippen LogP contribution in [0.1, 0.15) is 27.8 Å². The van der Waals surface area contributed by atoms with Crippen LogP contribution in [0.3, 0.4) is 0 Å². The van der Waals surface area contributed by atoms with Crippen molar-refractivity contribution >= 4 is 17.6 Å². The number of benzene rings is 1. The Morgan fingerprint density at radius 2 is 1.82 bits per heavy atom. The predicted molar refractivity (Wildman–Crippen MR) is 96.5 cm³/mol. The van der Waals surface area contributed by atoms with Crippen molar-refractivity contribution in [2.45, 2.75) is 13.0 Å². The molecular formula is C19H19F3N4O2. The molecule has 1 aliphatic rings. The van der Waals surface area contributed by atoms with Gasteiger partial charge in [0.05, 0.1) is 0 Å². The maximum atomic E-state index is 13.8. The minimum Gasteiger partial charge on any atom is -0.334 e. The maximum absolute atomic E-state index is 13.8. The Hall–Kier alpha value is -2.94. The molecule has 1 aromatic heterocycles. The number of hydrogen-bond acceptors (Lipinski definition) is 4. The molecule has 3 rings (SSSR count). The van der Waals surface area contributed by atoms with Crippen LogP contribution in [0, 0.1) is 17.5 Å². The molecule has 6 nitrogen and oxygen atoms in total. The van der Waals surface area contributed by atoms with E-state index in [1.54, 1.807) is 4.90 Å². The summed E-state index contributed by atoms with van der Waals surface area (Å²) in [5.74, 6) is -5.24. The van der Waals surface area contributed by atoms with Gasteiger partial charge in [-0.1, -0.05) is 6.07 Å². The number of anilines is 1. The lowest BCUT2D eigenvalue weighted by atomic mass is 10.1. The third-order valence-corrected chi connectivity index (χ3v) is 4.69. The molecule has 28 heavy (non-hydrogen) atoms. The summed E-state index contributed by atoms with van der Waals surface area (Å²) >= 11 is 0. The fourth-order valence-corrected chi connectivity index (χ4v) is 2.96. The minimum atomic E-state index is -1.33. The molecule has 9 heteroatoms. The van der Waals surface area contributed by atoms with Crippen molar-refractivity contribution in [1.82, 2.24) is 14.8 Å². The molecule has 0 bridgehead atoms. The Kier molecular flexibility index (Phi) is 5.64. The summed E-state index contributed by atoms with van der Waals surface area (Å²) in [4.78, 5) is 32.7. The van der Waals surface area contributed by atoms with Gasteiger partial charge in [0.2, 0.25) is 0 Å². The van der Waals surface area contributed by atoms with Gasteiger partial charge in [0, 0.05) is 37.8 Å². The molecule has 0 radical (unpaired) electrons. The molecular weight excluding hydrogens is 373 g/mol. The van der Waals surface area contributed by atoms with Gasteiger partial charge in [0.1, 0.15) is 34.5 Å². The number of pyridine rings is 1. The molecule has 1 fully saturated rings. The highest BCUT2D eigenvalue weighted by atomic mass is 19.1. The Bertz CT molecular complexity index is 899. The third kappa shape index (κ3) is 4.14. The largest absolute Gasteiger partial charge is 0.334 e. The highest BCUT2D eigenvalue weighted by Gasteiger charge is 2.26. The predicted octanol–water partition coefficient (Wildman–Crippen LogP) is 2.53. The Balaban J connectivity index is 1.77. The molecule has 2 amide bonds. The number of nitrogens with one attached hydrogen (secondary N) is 1. The number of amides is 2. The molecule has 1 saturated heterocycles. The number of likely N-dealkylation sites (N-methyl/N-ethyl adjacent to an activating group) is 1. The topological polar surface area (TPSA) is 65.5 Å². The van der Waals surface area contributed by atoms with Crippen LogP contribution in [0.25, 0.3) is 0 Å². The number of halogens is 3. The van der Waals surface area contributed by atoms with Crippen LogP contribution in [0.2, 0.25) is 0 Å². The average Bonchev–Trinajstić information content (AvgIpc) is 2.62. The summed E-state index contributed by atoms with van der Waals surface area (Å²) in [6, 6.07) is 5.43. The van der Waals surface area contributed by atoms with Gasteiger partial charge in [0.25, 0.3) is 11.8 Å². The van der Waals surface area contributed by atoms with E-state index < -0.39 is 28.9 Å². The number of rotatable bonds is 3. The molecule has 1 N–H and O–H groups in total. The van der Waals surface area contributed by atoms with Crippen LogP contribution in [-0.2, 0) is 0 Å². The Morgan fingerprint density at radius 1 is 1.14 bits per heavy atom. The van der Waals surface area contributed by atoms with Gasteiger partial charge in [-0.3, -0.25) is 9.59 Å². The Labute approximate surface area is 160 Å². The SMILES string of the molecule is CC1CN(C(=O)c2cccc(NC(=O)c3c(F)cc(F)cc3F)n2)CCN1C. The molecule has 0 saturated carbocycles. The molecule has 2 heterocycles. The number of aromatic nitrogens is 1. The van der Waals surface area contributed by atoms with Crippen LogP contribution in [0.4, 0.5) is 19.0 Å². The van der Waals surface area contributed by atoms with Crippen LogP contribution in [0.5, 0.6) is 0 Å². The Morgan fingerprint density at radius 3 is 2.46 bits per heavy atom. The van der Waals surface area contributed by atoms with E-state index >= 15 is 0 Å². The molecule has 1 aromatic carbocycles. The minimum absolute atomic E-state index is 0.0406. The first kappa shape index (κ1) is 19.8. The summed E-state index contributed by atoms with van der Waals surface area (Å²) in [7, 11) is 1.98. The van der Waals surface area contributed by atoms with E-state index in [9.17, 15) is 22.8 Å². The number of hydrogen-bond donors (Lipinski definition) is 1. The van der Waals surface area contributed by atoms with Crippen LogP contribution in [0.15, 0.2) is 30.3 Å². The van der Waals surface area contributed by atoms with Crippen LogP contribution in [-0.4, -0.2) is 59.3 Å². The molecule has 1 unspecified atom stereocenters. The molecule has 1 atom stereocenters. The van der Waals surface area contributed by atoms with Crippen molar-refractivity contribution < 1.29 is 22.8 Å². The van der Waals surface area contributed by atoms with E-state index in [1.165, 1.54) is 18.2 Å². The van der Waals surface area contributed by atoms with Gasteiger partial charge in [-0.2, -0.15) is 0 Å². The van der Waals surface area contributed by atoms with E-state index in [0.717, 1.165) is 6.54 Å². The number of piperazine rings is 1. The number of carbonyl (C=O) groups is 2. The van der Waals surface area contributed by atoms with Crippen molar-refractivity contribution in [2.24, 2.45) is 0 Å². The number of carbonyl (C=O) groups excluding carboxylic acids is 2. The van der Waals surface area contributed by atoms with Gasteiger partial charge in [0.15, 0.2) is 0 Å². The van der Waals surface area contributed by atoms with Gasteiger partial charge >= 0.3 is 0 Å². The summed E-state index contributed by atoms with van der Waals surface area (Å²) in [5, 5.41) is 2.24. The summed E-state index contributed by atoms with van der Waals surface area (Å²) in [6.45, 7) is 3.82. The van der Waals surface area contributed by atoms with Crippen molar-refractivity contribution in [2.75, 3.05) is 32.0 Å². The van der Waals surface area contributed by atoms with E-state index in [2.05, 4.69) is 15.2 Å². The second kappa shape index (κ2) is 7.97. The van der Waals surface area contributed by atoms with Gasteiger partial charge in [-0.15, -0.1) is 0 Å². The first-order chi connectivity index (χ1) is 13.3.